The molecule has 1 rings (SSSR count). The Labute approximate surface area is 135 Å². The van der Waals surface area contributed by atoms with Gasteiger partial charge >= 0.3 is 11.9 Å². The second kappa shape index (κ2) is 9.70. The second-order valence-corrected chi connectivity index (χ2v) is 5.23. The molecule has 0 aromatic heterocycles. The van der Waals surface area contributed by atoms with Gasteiger partial charge in [0.25, 0.3) is 0 Å². The summed E-state index contributed by atoms with van der Waals surface area (Å²) in [6, 6.07) is 8.13. The van der Waals surface area contributed by atoms with Gasteiger partial charge in [0.15, 0.2) is 0 Å². The first-order valence-electron chi connectivity index (χ1n) is 7.46. The maximum Gasteiger partial charge on any atom is 0.336 e. The highest BCUT2D eigenvalue weighted by Gasteiger charge is 2.26. The van der Waals surface area contributed by atoms with Gasteiger partial charge in [0, 0.05) is 6.42 Å². The summed E-state index contributed by atoms with van der Waals surface area (Å²) >= 11 is 0. The zero-order valence-corrected chi connectivity index (χ0v) is 13.2. The van der Waals surface area contributed by atoms with E-state index in [9.17, 15) is 14.4 Å². The first-order valence-corrected chi connectivity index (χ1v) is 7.46. The Morgan fingerprint density at radius 1 is 1.13 bits per heavy atom. The quantitative estimate of drug-likeness (QED) is 0.447. The van der Waals surface area contributed by atoms with Crippen molar-refractivity contribution in [3.8, 4) is 0 Å². The number of carbonyl (C=O) groups is 3. The van der Waals surface area contributed by atoms with E-state index in [1.54, 1.807) is 6.92 Å². The molecule has 126 valence electrons. The monoisotopic (exact) mass is 321 g/mol. The fraction of sp³-hybridized carbons (Fsp3) is 0.438. The Hall–Kier alpha value is -2.25. The second-order valence-electron chi connectivity index (χ2n) is 5.23. The van der Waals surface area contributed by atoms with E-state index in [0.29, 0.717) is 13.0 Å². The molecule has 0 fully saturated rings. The normalized spacial score (nSPS) is 13.0. The minimum Gasteiger partial charge on any atom is -0.391 e. The minimum absolute atomic E-state index is 0.212. The summed E-state index contributed by atoms with van der Waals surface area (Å²) in [5, 5.41) is 2.48. The molecular formula is C16H23N3O4. The molecule has 0 radical (unpaired) electrons. The SMILES string of the molecule is CC(CCN)C(=O)OC(=O)C(Cc1ccccc1)NC(=O)CN. The molecular weight excluding hydrogens is 298 g/mol. The first-order chi connectivity index (χ1) is 11.0. The number of esters is 2. The number of nitrogens with two attached hydrogens (primary N) is 2. The van der Waals surface area contributed by atoms with Crippen LogP contribution in [0.2, 0.25) is 0 Å². The van der Waals surface area contributed by atoms with Crippen LogP contribution in [-0.4, -0.2) is 37.0 Å². The highest BCUT2D eigenvalue weighted by molar-refractivity contribution is 5.92. The van der Waals surface area contributed by atoms with Gasteiger partial charge in [-0.25, -0.2) is 4.79 Å². The van der Waals surface area contributed by atoms with E-state index in [4.69, 9.17) is 16.2 Å². The van der Waals surface area contributed by atoms with Gasteiger partial charge in [-0.2, -0.15) is 0 Å². The lowest BCUT2D eigenvalue weighted by Crippen LogP contribution is -2.46. The van der Waals surface area contributed by atoms with Crippen LogP contribution in [0.4, 0.5) is 0 Å². The summed E-state index contributed by atoms with van der Waals surface area (Å²) in [6.45, 7) is 1.70. The number of nitrogens with one attached hydrogen (secondary N) is 1. The Kier molecular flexibility index (Phi) is 7.93. The highest BCUT2D eigenvalue weighted by atomic mass is 16.6. The fourth-order valence-corrected chi connectivity index (χ4v) is 1.94. The standard InChI is InChI=1S/C16H23N3O4/c1-11(7-8-17)15(21)23-16(22)13(19-14(20)10-18)9-12-5-3-2-4-6-12/h2-6,11,13H,7-10,17-18H2,1H3,(H,19,20). The molecule has 0 aliphatic carbocycles. The molecule has 5 N–H and O–H groups in total. The first kappa shape index (κ1) is 18.8. The minimum atomic E-state index is -0.970. The third-order valence-electron chi connectivity index (χ3n) is 3.29. The predicted octanol–water partition coefficient (Wildman–Crippen LogP) is -0.273. The number of carbonyl (C=O) groups excluding carboxylic acids is 3. The summed E-state index contributed by atoms with van der Waals surface area (Å²) < 4.78 is 4.86. The molecule has 1 amide bonds. The zero-order valence-electron chi connectivity index (χ0n) is 13.2. The van der Waals surface area contributed by atoms with E-state index >= 15 is 0 Å². The van der Waals surface area contributed by atoms with Crippen molar-refractivity contribution < 1.29 is 19.1 Å². The molecule has 0 saturated carbocycles. The smallest absolute Gasteiger partial charge is 0.336 e. The lowest BCUT2D eigenvalue weighted by molar-refractivity contribution is -0.164. The van der Waals surface area contributed by atoms with E-state index in [0.717, 1.165) is 5.56 Å². The molecule has 2 unspecified atom stereocenters. The summed E-state index contributed by atoms with van der Waals surface area (Å²) in [5.41, 5.74) is 11.5. The van der Waals surface area contributed by atoms with Crippen LogP contribution in [0, 0.1) is 5.92 Å². The Morgan fingerprint density at radius 3 is 2.35 bits per heavy atom. The van der Waals surface area contributed by atoms with Crippen LogP contribution in [0.3, 0.4) is 0 Å². The van der Waals surface area contributed by atoms with Crippen LogP contribution in [-0.2, 0) is 25.5 Å². The van der Waals surface area contributed by atoms with Gasteiger partial charge in [0.05, 0.1) is 12.5 Å². The van der Waals surface area contributed by atoms with Crippen molar-refractivity contribution in [3.63, 3.8) is 0 Å². The van der Waals surface area contributed by atoms with E-state index in [2.05, 4.69) is 5.32 Å². The van der Waals surface area contributed by atoms with Crippen molar-refractivity contribution in [3.05, 3.63) is 35.9 Å². The van der Waals surface area contributed by atoms with Gasteiger partial charge < -0.3 is 21.5 Å². The summed E-state index contributed by atoms with van der Waals surface area (Å²) in [5.74, 6) is -2.43. The van der Waals surface area contributed by atoms with Crippen LogP contribution in [0.5, 0.6) is 0 Å². The van der Waals surface area contributed by atoms with Gasteiger partial charge in [0.1, 0.15) is 6.04 Å². The van der Waals surface area contributed by atoms with Crippen LogP contribution >= 0.6 is 0 Å². The number of benzene rings is 1. The van der Waals surface area contributed by atoms with Crippen LogP contribution in [0.15, 0.2) is 30.3 Å². The number of hydrogen-bond donors (Lipinski definition) is 3. The molecule has 0 heterocycles. The van der Waals surface area contributed by atoms with Crippen molar-refractivity contribution in [2.75, 3.05) is 13.1 Å². The Bertz CT molecular complexity index is 533. The molecule has 0 bridgehead atoms. The van der Waals surface area contributed by atoms with Gasteiger partial charge in [-0.05, 0) is 18.5 Å². The molecule has 0 aliphatic heterocycles. The van der Waals surface area contributed by atoms with Gasteiger partial charge in [-0.3, -0.25) is 9.59 Å². The number of rotatable bonds is 8. The van der Waals surface area contributed by atoms with Crippen LogP contribution in [0.25, 0.3) is 0 Å². The van der Waals surface area contributed by atoms with Crippen LogP contribution in [0.1, 0.15) is 18.9 Å². The summed E-state index contributed by atoms with van der Waals surface area (Å²) in [4.78, 5) is 35.5. The molecule has 0 spiro atoms. The van der Waals surface area contributed by atoms with Crippen molar-refractivity contribution in [1.82, 2.24) is 5.32 Å². The third-order valence-corrected chi connectivity index (χ3v) is 3.29. The molecule has 0 saturated heterocycles. The molecule has 1 aromatic rings. The molecule has 1 aromatic carbocycles. The van der Waals surface area contributed by atoms with E-state index in [1.165, 1.54) is 0 Å². The average molecular weight is 321 g/mol. The lowest BCUT2D eigenvalue weighted by atomic mass is 10.1. The number of hydrogen-bond acceptors (Lipinski definition) is 6. The van der Waals surface area contributed by atoms with Crippen molar-refractivity contribution >= 4 is 17.8 Å². The summed E-state index contributed by atoms with van der Waals surface area (Å²) in [7, 11) is 0. The van der Waals surface area contributed by atoms with Crippen molar-refractivity contribution in [2.45, 2.75) is 25.8 Å². The van der Waals surface area contributed by atoms with Gasteiger partial charge in [-0.1, -0.05) is 37.3 Å². The molecule has 7 nitrogen and oxygen atoms in total. The van der Waals surface area contributed by atoms with E-state index in [1.807, 2.05) is 30.3 Å². The number of amides is 1. The summed E-state index contributed by atoms with van der Waals surface area (Å²) in [6.07, 6.45) is 0.634. The lowest BCUT2D eigenvalue weighted by Gasteiger charge is -2.18. The molecule has 0 aliphatic rings. The van der Waals surface area contributed by atoms with Gasteiger partial charge in [-0.15, -0.1) is 0 Å². The van der Waals surface area contributed by atoms with Gasteiger partial charge in [0.2, 0.25) is 5.91 Å². The van der Waals surface area contributed by atoms with Crippen molar-refractivity contribution in [1.29, 1.82) is 0 Å². The maximum absolute atomic E-state index is 12.2. The molecule has 23 heavy (non-hydrogen) atoms. The Balaban J connectivity index is 2.76. The van der Waals surface area contributed by atoms with Crippen molar-refractivity contribution in [2.24, 2.45) is 17.4 Å². The maximum atomic E-state index is 12.2. The molecule has 7 heteroatoms. The highest BCUT2D eigenvalue weighted by Crippen LogP contribution is 2.08. The largest absolute Gasteiger partial charge is 0.391 e. The zero-order chi connectivity index (χ0) is 17.2. The van der Waals surface area contributed by atoms with E-state index in [-0.39, 0.29) is 13.0 Å². The Morgan fingerprint density at radius 2 is 1.78 bits per heavy atom. The fourth-order valence-electron chi connectivity index (χ4n) is 1.94. The van der Waals surface area contributed by atoms with Crippen LogP contribution < -0.4 is 16.8 Å². The average Bonchev–Trinajstić information content (AvgIpc) is 2.55. The predicted molar refractivity (Wildman–Crippen MR) is 85.1 cm³/mol. The van der Waals surface area contributed by atoms with E-state index < -0.39 is 29.8 Å². The number of ether oxygens (including phenoxy) is 1. The molecule has 2 atom stereocenters. The third kappa shape index (κ3) is 6.58. The topological polar surface area (TPSA) is 125 Å².